The van der Waals surface area contributed by atoms with Gasteiger partial charge in [0.05, 0.1) is 5.69 Å². The third-order valence-electron chi connectivity index (χ3n) is 2.85. The number of nitrogens with zero attached hydrogens (tertiary/aromatic N) is 4. The Morgan fingerprint density at radius 3 is 2.80 bits per heavy atom. The number of aromatic nitrogens is 4. The van der Waals surface area contributed by atoms with E-state index in [0.717, 1.165) is 11.4 Å². The van der Waals surface area contributed by atoms with Gasteiger partial charge in [0.1, 0.15) is 6.61 Å². The van der Waals surface area contributed by atoms with Crippen molar-refractivity contribution in [2.45, 2.75) is 13.5 Å². The van der Waals surface area contributed by atoms with Crippen LogP contribution in [0.2, 0.25) is 0 Å². The Hall–Kier alpha value is -2.47. The molecular weight excluding hydrogens is 256 g/mol. The standard InChI is InChI=1S/C14H14N4O2/c1-10-8-12(14-15-13(9-19-2)17-20-14)16-18(10)11-6-4-3-5-7-11/h3-8H,9H2,1-2H3. The molecule has 3 aromatic rings. The Morgan fingerprint density at radius 2 is 2.05 bits per heavy atom. The molecule has 0 radical (unpaired) electrons. The molecule has 0 fully saturated rings. The fourth-order valence-electron chi connectivity index (χ4n) is 1.96. The topological polar surface area (TPSA) is 66.0 Å². The van der Waals surface area contributed by atoms with Crippen molar-refractivity contribution < 1.29 is 9.26 Å². The molecule has 0 aliphatic heterocycles. The smallest absolute Gasteiger partial charge is 0.278 e. The van der Waals surface area contributed by atoms with Crippen LogP contribution in [-0.2, 0) is 11.3 Å². The predicted octanol–water partition coefficient (Wildman–Crippen LogP) is 2.38. The zero-order chi connectivity index (χ0) is 13.9. The molecule has 6 nitrogen and oxygen atoms in total. The number of aryl methyl sites for hydroxylation is 1. The summed E-state index contributed by atoms with van der Waals surface area (Å²) < 4.78 is 12.0. The van der Waals surface area contributed by atoms with Crippen molar-refractivity contribution >= 4 is 0 Å². The summed E-state index contributed by atoms with van der Waals surface area (Å²) in [6, 6.07) is 11.8. The van der Waals surface area contributed by atoms with Crippen LogP contribution in [0, 0.1) is 6.92 Å². The van der Waals surface area contributed by atoms with Gasteiger partial charge >= 0.3 is 0 Å². The lowest BCUT2D eigenvalue weighted by Gasteiger charge is -2.02. The van der Waals surface area contributed by atoms with Crippen molar-refractivity contribution in [2.24, 2.45) is 0 Å². The average molecular weight is 270 g/mol. The number of para-hydroxylation sites is 1. The van der Waals surface area contributed by atoms with Gasteiger partial charge in [-0.2, -0.15) is 10.1 Å². The number of hydrogen-bond acceptors (Lipinski definition) is 5. The monoisotopic (exact) mass is 270 g/mol. The zero-order valence-electron chi connectivity index (χ0n) is 11.3. The molecule has 1 aromatic carbocycles. The van der Waals surface area contributed by atoms with Crippen LogP contribution in [0.1, 0.15) is 11.5 Å². The molecular formula is C14H14N4O2. The van der Waals surface area contributed by atoms with Crippen LogP contribution in [0.5, 0.6) is 0 Å². The second-order valence-electron chi connectivity index (χ2n) is 4.37. The molecule has 0 spiro atoms. The van der Waals surface area contributed by atoms with E-state index >= 15 is 0 Å². The van der Waals surface area contributed by atoms with E-state index in [1.54, 1.807) is 7.11 Å². The highest BCUT2D eigenvalue weighted by molar-refractivity contribution is 5.49. The van der Waals surface area contributed by atoms with Crippen LogP contribution >= 0.6 is 0 Å². The molecule has 0 atom stereocenters. The molecule has 0 aliphatic rings. The van der Waals surface area contributed by atoms with Gasteiger partial charge in [0, 0.05) is 12.8 Å². The fourth-order valence-corrected chi connectivity index (χ4v) is 1.96. The molecule has 0 aliphatic carbocycles. The van der Waals surface area contributed by atoms with Crippen LogP contribution in [-0.4, -0.2) is 27.0 Å². The summed E-state index contributed by atoms with van der Waals surface area (Å²) in [4.78, 5) is 4.24. The minimum absolute atomic E-state index is 0.321. The van der Waals surface area contributed by atoms with E-state index in [-0.39, 0.29) is 0 Å². The summed E-state index contributed by atoms with van der Waals surface area (Å²) in [7, 11) is 1.59. The maximum absolute atomic E-state index is 5.19. The first-order valence-corrected chi connectivity index (χ1v) is 6.22. The van der Waals surface area contributed by atoms with E-state index in [1.165, 1.54) is 0 Å². The van der Waals surface area contributed by atoms with Gasteiger partial charge in [-0.1, -0.05) is 23.4 Å². The maximum Gasteiger partial charge on any atom is 0.278 e. The Bertz CT molecular complexity index is 703. The maximum atomic E-state index is 5.19. The van der Waals surface area contributed by atoms with Gasteiger partial charge in [0.25, 0.3) is 5.89 Å². The summed E-state index contributed by atoms with van der Waals surface area (Å²) in [6.07, 6.45) is 0. The van der Waals surface area contributed by atoms with Crippen molar-refractivity contribution in [2.75, 3.05) is 7.11 Å². The molecule has 0 bridgehead atoms. The molecule has 2 aromatic heterocycles. The molecule has 0 N–H and O–H groups in total. The second-order valence-corrected chi connectivity index (χ2v) is 4.37. The lowest BCUT2D eigenvalue weighted by atomic mass is 10.3. The molecule has 20 heavy (non-hydrogen) atoms. The highest BCUT2D eigenvalue weighted by Crippen LogP contribution is 2.19. The lowest BCUT2D eigenvalue weighted by Crippen LogP contribution is -1.98. The van der Waals surface area contributed by atoms with E-state index in [4.69, 9.17) is 9.26 Å². The first-order chi connectivity index (χ1) is 9.78. The highest BCUT2D eigenvalue weighted by atomic mass is 16.5. The van der Waals surface area contributed by atoms with Crippen LogP contribution in [0.3, 0.4) is 0 Å². The van der Waals surface area contributed by atoms with E-state index in [2.05, 4.69) is 15.2 Å². The van der Waals surface area contributed by atoms with Crippen molar-refractivity contribution in [3.63, 3.8) is 0 Å². The van der Waals surface area contributed by atoms with Crippen LogP contribution in [0.15, 0.2) is 40.9 Å². The van der Waals surface area contributed by atoms with Crippen molar-refractivity contribution in [1.29, 1.82) is 0 Å². The summed E-state index contributed by atoms with van der Waals surface area (Å²) in [6.45, 7) is 2.30. The fraction of sp³-hybridized carbons (Fsp3) is 0.214. The minimum atomic E-state index is 0.321. The number of hydrogen-bond donors (Lipinski definition) is 0. The van der Waals surface area contributed by atoms with Gasteiger partial charge in [-0.15, -0.1) is 0 Å². The van der Waals surface area contributed by atoms with Crippen molar-refractivity contribution in [3.8, 4) is 17.3 Å². The molecule has 102 valence electrons. The van der Waals surface area contributed by atoms with E-state index in [0.29, 0.717) is 24.0 Å². The molecule has 6 heteroatoms. The minimum Gasteiger partial charge on any atom is -0.377 e. The quantitative estimate of drug-likeness (QED) is 0.728. The largest absolute Gasteiger partial charge is 0.377 e. The Kier molecular flexibility index (Phi) is 3.30. The van der Waals surface area contributed by atoms with E-state index in [9.17, 15) is 0 Å². The number of ether oxygens (including phenoxy) is 1. The first kappa shape index (κ1) is 12.6. The van der Waals surface area contributed by atoms with Gasteiger partial charge < -0.3 is 9.26 Å². The van der Waals surface area contributed by atoms with Crippen LogP contribution in [0.4, 0.5) is 0 Å². The summed E-state index contributed by atoms with van der Waals surface area (Å²) in [5.74, 6) is 0.907. The average Bonchev–Trinajstić information content (AvgIpc) is 3.07. The molecule has 0 saturated heterocycles. The normalized spacial score (nSPS) is 10.9. The second kappa shape index (κ2) is 5.26. The van der Waals surface area contributed by atoms with E-state index < -0.39 is 0 Å². The summed E-state index contributed by atoms with van der Waals surface area (Å²) >= 11 is 0. The number of rotatable bonds is 4. The Balaban J connectivity index is 1.96. The highest BCUT2D eigenvalue weighted by Gasteiger charge is 2.14. The Morgan fingerprint density at radius 1 is 1.25 bits per heavy atom. The van der Waals surface area contributed by atoms with Crippen molar-refractivity contribution in [1.82, 2.24) is 19.9 Å². The number of benzene rings is 1. The van der Waals surface area contributed by atoms with Gasteiger partial charge in [-0.25, -0.2) is 4.68 Å². The van der Waals surface area contributed by atoms with E-state index in [1.807, 2.05) is 48.0 Å². The molecule has 0 saturated carbocycles. The van der Waals surface area contributed by atoms with Crippen LogP contribution in [0.25, 0.3) is 17.3 Å². The van der Waals surface area contributed by atoms with Gasteiger partial charge in [0.2, 0.25) is 0 Å². The third-order valence-corrected chi connectivity index (χ3v) is 2.85. The molecule has 2 heterocycles. The molecule has 3 rings (SSSR count). The molecule has 0 unspecified atom stereocenters. The lowest BCUT2D eigenvalue weighted by molar-refractivity contribution is 0.174. The summed E-state index contributed by atoms with van der Waals surface area (Å²) in [5, 5.41) is 8.34. The summed E-state index contributed by atoms with van der Waals surface area (Å²) in [5.41, 5.74) is 2.65. The SMILES string of the molecule is COCc1noc(-c2cc(C)n(-c3ccccc3)n2)n1. The zero-order valence-corrected chi connectivity index (χ0v) is 11.3. The number of methoxy groups -OCH3 is 1. The van der Waals surface area contributed by atoms with Gasteiger partial charge in [0.15, 0.2) is 11.5 Å². The Labute approximate surface area is 116 Å². The molecule has 0 amide bonds. The van der Waals surface area contributed by atoms with Gasteiger partial charge in [-0.3, -0.25) is 0 Å². The third kappa shape index (κ3) is 2.33. The predicted molar refractivity (Wildman–Crippen MR) is 72.3 cm³/mol. The van der Waals surface area contributed by atoms with Crippen LogP contribution < -0.4 is 0 Å². The first-order valence-electron chi connectivity index (χ1n) is 6.22. The van der Waals surface area contributed by atoms with Crippen molar-refractivity contribution in [3.05, 3.63) is 47.9 Å². The van der Waals surface area contributed by atoms with Gasteiger partial charge in [-0.05, 0) is 25.1 Å².